The van der Waals surface area contributed by atoms with Crippen molar-refractivity contribution < 1.29 is 14.6 Å². The fourth-order valence-electron chi connectivity index (χ4n) is 2.53. The van der Waals surface area contributed by atoms with E-state index in [1.165, 1.54) is 0 Å². The molecule has 0 aromatic rings. The molecule has 0 saturated carbocycles. The van der Waals surface area contributed by atoms with Gasteiger partial charge in [-0.3, -0.25) is 9.69 Å². The normalized spacial score (nSPS) is 27.7. The number of carboxylic acid groups (broad SMARTS) is 1. The van der Waals surface area contributed by atoms with Gasteiger partial charge in [0.15, 0.2) is 0 Å². The van der Waals surface area contributed by atoms with Crippen LogP contribution in [0.2, 0.25) is 0 Å². The van der Waals surface area contributed by atoms with Gasteiger partial charge in [0.25, 0.3) is 0 Å². The number of nitrogens with two attached hydrogens (primary N) is 1. The summed E-state index contributed by atoms with van der Waals surface area (Å²) in [4.78, 5) is 13.2. The third-order valence-corrected chi connectivity index (χ3v) is 3.30. The molecule has 5 heteroatoms. The maximum atomic E-state index is 10.9. The summed E-state index contributed by atoms with van der Waals surface area (Å²) in [5.41, 5.74) is 4.47. The number of hydrogen-bond donors (Lipinski definition) is 2. The molecule has 0 aromatic carbocycles. The molecule has 106 valence electrons. The van der Waals surface area contributed by atoms with E-state index >= 15 is 0 Å². The van der Waals surface area contributed by atoms with Crippen LogP contribution in [-0.2, 0) is 9.53 Å². The fraction of sp³-hybridized carbons (Fsp3) is 0.923. The van der Waals surface area contributed by atoms with Crippen molar-refractivity contribution in [3.8, 4) is 0 Å². The van der Waals surface area contributed by atoms with Crippen LogP contribution in [0.4, 0.5) is 0 Å². The van der Waals surface area contributed by atoms with Crippen LogP contribution in [0, 0.1) is 0 Å². The first-order valence-electron chi connectivity index (χ1n) is 6.55. The monoisotopic (exact) mass is 258 g/mol. The second kappa shape index (κ2) is 5.55. The lowest BCUT2D eigenvalue weighted by molar-refractivity contribution is -0.143. The van der Waals surface area contributed by atoms with Gasteiger partial charge in [0, 0.05) is 13.1 Å². The zero-order chi connectivity index (χ0) is 14.0. The third-order valence-electron chi connectivity index (χ3n) is 3.30. The number of ether oxygens (including phenoxy) is 1. The molecule has 18 heavy (non-hydrogen) atoms. The van der Waals surface area contributed by atoms with Gasteiger partial charge in [-0.25, -0.2) is 0 Å². The van der Waals surface area contributed by atoms with Gasteiger partial charge in [-0.15, -0.1) is 0 Å². The molecular formula is C13H26N2O3. The number of morpholine rings is 1. The summed E-state index contributed by atoms with van der Waals surface area (Å²) >= 11 is 0. The van der Waals surface area contributed by atoms with Crippen molar-refractivity contribution in [3.05, 3.63) is 0 Å². The highest BCUT2D eigenvalue weighted by Crippen LogP contribution is 2.21. The van der Waals surface area contributed by atoms with E-state index in [1.807, 2.05) is 0 Å². The molecule has 1 saturated heterocycles. The molecule has 0 aliphatic carbocycles. The van der Waals surface area contributed by atoms with Crippen LogP contribution in [0.3, 0.4) is 0 Å². The number of hydrogen-bond acceptors (Lipinski definition) is 4. The summed E-state index contributed by atoms with van der Waals surface area (Å²) in [6.07, 6.45) is 1.51. The van der Waals surface area contributed by atoms with Gasteiger partial charge < -0.3 is 15.6 Å². The van der Waals surface area contributed by atoms with Crippen LogP contribution in [0.15, 0.2) is 0 Å². The maximum Gasteiger partial charge on any atom is 0.323 e. The van der Waals surface area contributed by atoms with Gasteiger partial charge in [0.05, 0.1) is 11.7 Å². The van der Waals surface area contributed by atoms with Crippen LogP contribution >= 0.6 is 0 Å². The second-order valence-corrected chi connectivity index (χ2v) is 6.25. The molecule has 1 rings (SSSR count). The molecule has 5 nitrogen and oxygen atoms in total. The van der Waals surface area contributed by atoms with Crippen molar-refractivity contribution in [3.63, 3.8) is 0 Å². The number of nitrogens with zero attached hydrogens (tertiary/aromatic N) is 1. The van der Waals surface area contributed by atoms with E-state index in [1.54, 1.807) is 6.92 Å². The molecule has 2 unspecified atom stereocenters. The third kappa shape index (κ3) is 4.55. The van der Waals surface area contributed by atoms with Crippen LogP contribution in [-0.4, -0.2) is 52.9 Å². The summed E-state index contributed by atoms with van der Waals surface area (Å²) in [5, 5.41) is 8.94. The van der Waals surface area contributed by atoms with Crippen LogP contribution < -0.4 is 5.73 Å². The Labute approximate surface area is 109 Å². The molecule has 1 heterocycles. The van der Waals surface area contributed by atoms with Gasteiger partial charge in [0.1, 0.15) is 5.54 Å². The molecule has 1 aliphatic rings. The summed E-state index contributed by atoms with van der Waals surface area (Å²) < 4.78 is 5.83. The van der Waals surface area contributed by atoms with Crippen LogP contribution in [0.1, 0.15) is 40.5 Å². The minimum atomic E-state index is -1.12. The Morgan fingerprint density at radius 3 is 2.72 bits per heavy atom. The maximum absolute atomic E-state index is 10.9. The molecule has 0 aromatic heterocycles. The predicted molar refractivity (Wildman–Crippen MR) is 70.5 cm³/mol. The Bertz CT molecular complexity index is 303. The van der Waals surface area contributed by atoms with Gasteiger partial charge in [-0.05, 0) is 47.1 Å². The molecule has 0 amide bonds. The quantitative estimate of drug-likeness (QED) is 0.771. The SMILES string of the molecule is CC1CN(CCCC(C)(N)C(=O)O)CC(C)(C)O1. The first-order chi connectivity index (χ1) is 8.12. The van der Waals surface area contributed by atoms with E-state index in [4.69, 9.17) is 15.6 Å². The van der Waals surface area contributed by atoms with E-state index in [0.29, 0.717) is 6.42 Å². The molecule has 1 fully saturated rings. The van der Waals surface area contributed by atoms with E-state index in [0.717, 1.165) is 26.1 Å². The molecular weight excluding hydrogens is 232 g/mol. The van der Waals surface area contributed by atoms with Crippen LogP contribution in [0.25, 0.3) is 0 Å². The first kappa shape index (κ1) is 15.4. The minimum absolute atomic E-state index is 0.128. The van der Waals surface area contributed by atoms with Gasteiger partial charge >= 0.3 is 5.97 Å². The van der Waals surface area contributed by atoms with Crippen molar-refractivity contribution in [1.82, 2.24) is 4.90 Å². The molecule has 0 spiro atoms. The molecule has 1 aliphatic heterocycles. The average molecular weight is 258 g/mol. The lowest BCUT2D eigenvalue weighted by Gasteiger charge is -2.42. The molecule has 0 bridgehead atoms. The van der Waals surface area contributed by atoms with Crippen molar-refractivity contribution >= 4 is 5.97 Å². The highest BCUT2D eigenvalue weighted by molar-refractivity contribution is 5.77. The Kier molecular flexibility index (Phi) is 4.75. The summed E-state index contributed by atoms with van der Waals surface area (Å²) in [6, 6.07) is 0. The Morgan fingerprint density at radius 2 is 2.22 bits per heavy atom. The summed E-state index contributed by atoms with van der Waals surface area (Å²) in [5.74, 6) is -0.932. The predicted octanol–water partition coefficient (Wildman–Crippen LogP) is 1.07. The van der Waals surface area contributed by atoms with E-state index in [-0.39, 0.29) is 11.7 Å². The summed E-state index contributed by atoms with van der Waals surface area (Å²) in [6.45, 7) is 10.5. The zero-order valence-corrected chi connectivity index (χ0v) is 11.9. The Morgan fingerprint density at radius 1 is 1.61 bits per heavy atom. The van der Waals surface area contributed by atoms with Gasteiger partial charge in [-0.2, -0.15) is 0 Å². The Hall–Kier alpha value is -0.650. The zero-order valence-electron chi connectivity index (χ0n) is 11.9. The first-order valence-corrected chi connectivity index (χ1v) is 6.55. The van der Waals surface area contributed by atoms with Crippen LogP contribution in [0.5, 0.6) is 0 Å². The van der Waals surface area contributed by atoms with E-state index in [2.05, 4.69) is 25.7 Å². The molecule has 3 N–H and O–H groups in total. The highest BCUT2D eigenvalue weighted by Gasteiger charge is 2.32. The van der Waals surface area contributed by atoms with Crippen molar-refractivity contribution in [2.75, 3.05) is 19.6 Å². The number of aliphatic carboxylic acids is 1. The van der Waals surface area contributed by atoms with E-state index in [9.17, 15) is 4.79 Å². The summed E-state index contributed by atoms with van der Waals surface area (Å²) in [7, 11) is 0. The van der Waals surface area contributed by atoms with Crippen molar-refractivity contribution in [2.45, 2.75) is 57.8 Å². The minimum Gasteiger partial charge on any atom is -0.480 e. The van der Waals surface area contributed by atoms with Crippen molar-refractivity contribution in [1.29, 1.82) is 0 Å². The number of carbonyl (C=O) groups is 1. The largest absolute Gasteiger partial charge is 0.480 e. The lowest BCUT2D eigenvalue weighted by atomic mass is 9.97. The van der Waals surface area contributed by atoms with E-state index < -0.39 is 11.5 Å². The standard InChI is InChI=1S/C13H26N2O3/c1-10-8-15(9-12(2,3)18-10)7-5-6-13(4,14)11(16)17/h10H,5-9,14H2,1-4H3,(H,16,17). The topological polar surface area (TPSA) is 75.8 Å². The second-order valence-electron chi connectivity index (χ2n) is 6.25. The lowest BCUT2D eigenvalue weighted by Crippen LogP contribution is -2.52. The van der Waals surface area contributed by atoms with Gasteiger partial charge in [-0.1, -0.05) is 0 Å². The Balaban J connectivity index is 2.38. The molecule has 2 atom stereocenters. The fourth-order valence-corrected chi connectivity index (χ4v) is 2.53. The average Bonchev–Trinajstić information content (AvgIpc) is 2.13. The number of carboxylic acids is 1. The van der Waals surface area contributed by atoms with Crippen molar-refractivity contribution in [2.24, 2.45) is 5.73 Å². The number of rotatable bonds is 5. The highest BCUT2D eigenvalue weighted by atomic mass is 16.5. The molecule has 0 radical (unpaired) electrons. The smallest absolute Gasteiger partial charge is 0.323 e. The van der Waals surface area contributed by atoms with Gasteiger partial charge in [0.2, 0.25) is 0 Å².